The van der Waals surface area contributed by atoms with Gasteiger partial charge in [0.1, 0.15) is 11.6 Å². The quantitative estimate of drug-likeness (QED) is 0.459. The van der Waals surface area contributed by atoms with Gasteiger partial charge in [0.25, 0.3) is 5.91 Å². The molecule has 1 heterocycles. The third-order valence-electron chi connectivity index (χ3n) is 6.93. The molecule has 1 amide bonds. The summed E-state index contributed by atoms with van der Waals surface area (Å²) in [6, 6.07) is 20.7. The summed E-state index contributed by atoms with van der Waals surface area (Å²) in [6.45, 7) is 3.76. The van der Waals surface area contributed by atoms with Crippen molar-refractivity contribution in [3.8, 4) is 0 Å². The molecule has 3 aromatic rings. The molecule has 0 fully saturated rings. The molecule has 36 heavy (non-hydrogen) atoms. The molecule has 2 aliphatic rings. The normalized spacial score (nSPS) is 19.6. The second kappa shape index (κ2) is 9.53. The van der Waals surface area contributed by atoms with Crippen molar-refractivity contribution in [2.75, 3.05) is 5.32 Å². The van der Waals surface area contributed by atoms with E-state index in [-0.39, 0.29) is 17.4 Å². The van der Waals surface area contributed by atoms with Crippen LogP contribution in [0, 0.1) is 18.6 Å². The van der Waals surface area contributed by atoms with Gasteiger partial charge in [-0.05, 0) is 49.4 Å². The Kier molecular flexibility index (Phi) is 6.27. The minimum atomic E-state index is -0.864. The fraction of sp³-hybridized carbons (Fsp3) is 0.200. The number of carbonyl (C=O) groups is 2. The maximum absolute atomic E-state index is 14.3. The highest BCUT2D eigenvalue weighted by Gasteiger charge is 2.41. The van der Waals surface area contributed by atoms with Crippen LogP contribution >= 0.6 is 0 Å². The van der Waals surface area contributed by atoms with E-state index in [2.05, 4.69) is 10.6 Å². The first kappa shape index (κ1) is 23.7. The fourth-order valence-electron chi connectivity index (χ4n) is 5.17. The third-order valence-corrected chi connectivity index (χ3v) is 6.93. The highest BCUT2D eigenvalue weighted by molar-refractivity contribution is 6.10. The number of aryl methyl sites for hydroxylation is 1. The number of ketones is 1. The first-order chi connectivity index (χ1) is 17.3. The lowest BCUT2D eigenvalue weighted by Gasteiger charge is -2.37. The van der Waals surface area contributed by atoms with Crippen LogP contribution in [-0.4, -0.2) is 11.7 Å². The second-order valence-electron chi connectivity index (χ2n) is 9.42. The van der Waals surface area contributed by atoms with Gasteiger partial charge in [-0.2, -0.15) is 0 Å². The van der Waals surface area contributed by atoms with E-state index in [0.29, 0.717) is 29.7 Å². The van der Waals surface area contributed by atoms with Crippen molar-refractivity contribution in [2.45, 2.75) is 38.5 Å². The molecule has 1 aliphatic heterocycles. The number of dihydropyridines is 1. The summed E-state index contributed by atoms with van der Waals surface area (Å²) in [5.41, 5.74) is 5.17. The third kappa shape index (κ3) is 4.47. The van der Waals surface area contributed by atoms with E-state index >= 15 is 0 Å². The average molecular weight is 485 g/mol. The van der Waals surface area contributed by atoms with Gasteiger partial charge in [-0.25, -0.2) is 8.78 Å². The first-order valence-corrected chi connectivity index (χ1v) is 11.9. The predicted octanol–water partition coefficient (Wildman–Crippen LogP) is 6.27. The molecule has 0 saturated carbocycles. The van der Waals surface area contributed by atoms with Gasteiger partial charge in [-0.1, -0.05) is 60.2 Å². The maximum Gasteiger partial charge on any atom is 0.254 e. The Morgan fingerprint density at radius 1 is 0.917 bits per heavy atom. The van der Waals surface area contributed by atoms with E-state index in [9.17, 15) is 18.4 Å². The molecule has 0 unspecified atom stereocenters. The van der Waals surface area contributed by atoms with Crippen molar-refractivity contribution >= 4 is 17.4 Å². The lowest BCUT2D eigenvalue weighted by atomic mass is 9.71. The average Bonchev–Trinajstić information content (AvgIpc) is 2.85. The molecule has 6 heteroatoms. The number of hydrogen-bond acceptors (Lipinski definition) is 3. The zero-order chi connectivity index (χ0) is 25.4. The molecule has 1 aliphatic carbocycles. The summed E-state index contributed by atoms with van der Waals surface area (Å²) in [7, 11) is 0. The van der Waals surface area contributed by atoms with E-state index in [4.69, 9.17) is 0 Å². The topological polar surface area (TPSA) is 58.2 Å². The minimum Gasteiger partial charge on any atom is -0.362 e. The number of benzene rings is 3. The van der Waals surface area contributed by atoms with Crippen molar-refractivity contribution in [3.05, 3.63) is 124 Å². The molecular weight excluding hydrogens is 458 g/mol. The van der Waals surface area contributed by atoms with Gasteiger partial charge in [0.15, 0.2) is 5.78 Å². The Morgan fingerprint density at radius 2 is 1.64 bits per heavy atom. The van der Waals surface area contributed by atoms with E-state index in [0.717, 1.165) is 34.5 Å². The van der Waals surface area contributed by atoms with Crippen LogP contribution < -0.4 is 10.6 Å². The van der Waals surface area contributed by atoms with Crippen LogP contribution in [0.5, 0.6) is 0 Å². The lowest BCUT2D eigenvalue weighted by Crippen LogP contribution is -2.37. The molecule has 0 aromatic heterocycles. The fourth-order valence-corrected chi connectivity index (χ4v) is 5.17. The number of rotatable bonds is 4. The van der Waals surface area contributed by atoms with Crippen molar-refractivity contribution in [1.29, 1.82) is 0 Å². The molecule has 182 valence electrons. The highest BCUT2D eigenvalue weighted by atomic mass is 19.1. The summed E-state index contributed by atoms with van der Waals surface area (Å²) in [4.78, 5) is 27.2. The molecule has 2 atom stereocenters. The summed E-state index contributed by atoms with van der Waals surface area (Å²) >= 11 is 0. The zero-order valence-electron chi connectivity index (χ0n) is 20.1. The van der Waals surface area contributed by atoms with Gasteiger partial charge in [-0.15, -0.1) is 0 Å². The van der Waals surface area contributed by atoms with Crippen molar-refractivity contribution in [2.24, 2.45) is 0 Å². The predicted molar refractivity (Wildman–Crippen MR) is 135 cm³/mol. The Bertz CT molecular complexity index is 1410. The summed E-state index contributed by atoms with van der Waals surface area (Å²) < 4.78 is 27.7. The van der Waals surface area contributed by atoms with Gasteiger partial charge in [0.2, 0.25) is 0 Å². The van der Waals surface area contributed by atoms with Crippen LogP contribution in [0.25, 0.3) is 0 Å². The largest absolute Gasteiger partial charge is 0.362 e. The standard InChI is InChI=1S/C30H26F2N2O2/c1-17-8-10-20(11-9-17)28-27(30(36)34-24-13-12-22(31)16-23(24)32)18(2)33-25-14-21(15-26(35)29(25)28)19-6-4-3-5-7-19/h3-13,16,21,28,33H,14-15H2,1-2H3,(H,34,36)/t21-,28-/m1/s1. The SMILES string of the molecule is CC1=C(C(=O)Nc2ccc(F)cc2F)[C@@H](c2ccc(C)cc2)C2=C(C[C@@H](c3ccccc3)CC2=O)N1. The molecule has 0 saturated heterocycles. The summed E-state index contributed by atoms with van der Waals surface area (Å²) in [5, 5.41) is 5.91. The molecule has 5 rings (SSSR count). The molecule has 3 aromatic carbocycles. The lowest BCUT2D eigenvalue weighted by molar-refractivity contribution is -0.116. The van der Waals surface area contributed by atoms with Crippen LogP contribution in [0.1, 0.15) is 48.3 Å². The number of nitrogens with one attached hydrogen (secondary N) is 2. The Hall–Kier alpha value is -4.06. The number of amides is 1. The van der Waals surface area contributed by atoms with Crippen LogP contribution in [-0.2, 0) is 9.59 Å². The molecule has 0 radical (unpaired) electrons. The smallest absolute Gasteiger partial charge is 0.254 e. The monoisotopic (exact) mass is 484 g/mol. The van der Waals surface area contributed by atoms with Crippen LogP contribution in [0.3, 0.4) is 0 Å². The van der Waals surface area contributed by atoms with E-state index in [1.165, 1.54) is 6.07 Å². The zero-order valence-corrected chi connectivity index (χ0v) is 20.1. The Morgan fingerprint density at radius 3 is 2.33 bits per heavy atom. The summed E-state index contributed by atoms with van der Waals surface area (Å²) in [5.74, 6) is -2.71. The number of anilines is 1. The van der Waals surface area contributed by atoms with Crippen molar-refractivity contribution < 1.29 is 18.4 Å². The number of allylic oxidation sites excluding steroid dienone is 3. The van der Waals surface area contributed by atoms with Crippen LogP contribution in [0.15, 0.2) is 95.3 Å². The Balaban J connectivity index is 1.56. The second-order valence-corrected chi connectivity index (χ2v) is 9.42. The number of Topliss-reactive ketones (excluding diaryl/α,β-unsaturated/α-hetero) is 1. The molecule has 4 nitrogen and oxygen atoms in total. The van der Waals surface area contributed by atoms with Crippen LogP contribution in [0.4, 0.5) is 14.5 Å². The number of hydrogen-bond donors (Lipinski definition) is 2. The van der Waals surface area contributed by atoms with E-state index in [1.807, 2.05) is 61.5 Å². The molecule has 0 bridgehead atoms. The van der Waals surface area contributed by atoms with Gasteiger partial charge >= 0.3 is 0 Å². The molecule has 0 spiro atoms. The van der Waals surface area contributed by atoms with E-state index in [1.54, 1.807) is 6.92 Å². The minimum absolute atomic E-state index is 0.0195. The molecular formula is C30H26F2N2O2. The van der Waals surface area contributed by atoms with Crippen molar-refractivity contribution in [3.63, 3.8) is 0 Å². The first-order valence-electron chi connectivity index (χ1n) is 11.9. The summed E-state index contributed by atoms with van der Waals surface area (Å²) in [6.07, 6.45) is 0.986. The van der Waals surface area contributed by atoms with Gasteiger partial charge in [0.05, 0.1) is 5.69 Å². The van der Waals surface area contributed by atoms with Crippen LogP contribution in [0.2, 0.25) is 0 Å². The number of carbonyl (C=O) groups excluding carboxylic acids is 2. The number of halogens is 2. The van der Waals surface area contributed by atoms with Gasteiger partial charge < -0.3 is 10.6 Å². The molecule has 2 N–H and O–H groups in total. The van der Waals surface area contributed by atoms with Gasteiger partial charge in [0, 0.05) is 40.9 Å². The maximum atomic E-state index is 14.3. The van der Waals surface area contributed by atoms with Gasteiger partial charge in [-0.3, -0.25) is 9.59 Å². The van der Waals surface area contributed by atoms with Crippen molar-refractivity contribution in [1.82, 2.24) is 5.32 Å². The Labute approximate surface area is 208 Å². The highest BCUT2D eigenvalue weighted by Crippen LogP contribution is 2.45. The van der Waals surface area contributed by atoms with E-state index < -0.39 is 23.5 Å².